The van der Waals surface area contributed by atoms with Gasteiger partial charge < -0.3 is 15.4 Å². The third kappa shape index (κ3) is 5.65. The molecule has 3 rings (SSSR count). The van der Waals surface area contributed by atoms with Crippen LogP contribution in [0.25, 0.3) is 0 Å². The molecule has 29 heavy (non-hydrogen) atoms. The zero-order chi connectivity index (χ0) is 20.8. The van der Waals surface area contributed by atoms with Gasteiger partial charge in [-0.2, -0.15) is 0 Å². The van der Waals surface area contributed by atoms with Gasteiger partial charge in [-0.25, -0.2) is 0 Å². The van der Waals surface area contributed by atoms with E-state index in [4.69, 9.17) is 4.74 Å². The fourth-order valence-electron chi connectivity index (χ4n) is 2.68. The minimum atomic E-state index is -0.259. The second kappa shape index (κ2) is 9.01. The van der Waals surface area contributed by atoms with Crippen molar-refractivity contribution in [3.05, 3.63) is 78.1 Å². The maximum absolute atomic E-state index is 12.6. The van der Waals surface area contributed by atoms with Crippen LogP contribution in [0, 0.1) is 0 Å². The molecule has 6 nitrogen and oxygen atoms in total. The van der Waals surface area contributed by atoms with Crippen molar-refractivity contribution >= 4 is 28.8 Å². The van der Waals surface area contributed by atoms with E-state index < -0.39 is 0 Å². The number of anilines is 3. The van der Waals surface area contributed by atoms with Crippen LogP contribution in [0.2, 0.25) is 0 Å². The largest absolute Gasteiger partial charge is 0.491 e. The summed E-state index contributed by atoms with van der Waals surface area (Å²) in [4.78, 5) is 28.1. The van der Waals surface area contributed by atoms with Gasteiger partial charge >= 0.3 is 0 Å². The summed E-state index contributed by atoms with van der Waals surface area (Å²) in [5, 5.41) is 6.03. The summed E-state index contributed by atoms with van der Waals surface area (Å²) in [6, 6.07) is 16.1. The summed E-state index contributed by atoms with van der Waals surface area (Å²) in [6.07, 6.45) is 3.24. The highest BCUT2D eigenvalue weighted by Crippen LogP contribution is 2.20. The lowest BCUT2D eigenvalue weighted by molar-refractivity contribution is 0.101. The fourth-order valence-corrected chi connectivity index (χ4v) is 2.68. The Hall–Kier alpha value is -3.67. The third-order valence-corrected chi connectivity index (χ3v) is 4.06. The topological polar surface area (TPSA) is 80.3 Å². The Kier molecular flexibility index (Phi) is 6.24. The average molecular weight is 389 g/mol. The molecule has 1 heterocycles. The van der Waals surface area contributed by atoms with Gasteiger partial charge in [0.1, 0.15) is 5.75 Å². The third-order valence-electron chi connectivity index (χ3n) is 4.06. The molecule has 148 valence electrons. The number of amides is 1. The molecule has 0 unspecified atom stereocenters. The molecular weight excluding hydrogens is 366 g/mol. The van der Waals surface area contributed by atoms with Crippen molar-refractivity contribution in [2.75, 3.05) is 10.6 Å². The van der Waals surface area contributed by atoms with Crippen LogP contribution in [0.3, 0.4) is 0 Å². The van der Waals surface area contributed by atoms with Crippen molar-refractivity contribution in [3.63, 3.8) is 0 Å². The predicted octanol–water partition coefficient (Wildman–Crippen LogP) is 5.07. The summed E-state index contributed by atoms with van der Waals surface area (Å²) >= 11 is 0. The molecule has 0 saturated carbocycles. The molecule has 0 fully saturated rings. The van der Waals surface area contributed by atoms with E-state index in [1.165, 1.54) is 13.1 Å². The molecule has 1 aromatic heterocycles. The van der Waals surface area contributed by atoms with Crippen LogP contribution in [-0.2, 0) is 0 Å². The van der Waals surface area contributed by atoms with E-state index in [1.807, 2.05) is 38.1 Å². The van der Waals surface area contributed by atoms with E-state index in [0.717, 1.165) is 11.4 Å². The van der Waals surface area contributed by atoms with Gasteiger partial charge in [-0.1, -0.05) is 0 Å². The minimum absolute atomic E-state index is 0.0145. The molecule has 2 N–H and O–H groups in total. The molecule has 1 amide bonds. The maximum atomic E-state index is 12.6. The highest BCUT2D eigenvalue weighted by molar-refractivity contribution is 6.04. The van der Waals surface area contributed by atoms with Gasteiger partial charge in [0.05, 0.1) is 23.6 Å². The van der Waals surface area contributed by atoms with Crippen LogP contribution < -0.4 is 15.4 Å². The normalized spacial score (nSPS) is 10.5. The van der Waals surface area contributed by atoms with Crippen molar-refractivity contribution in [2.45, 2.75) is 26.9 Å². The molecule has 6 heteroatoms. The lowest BCUT2D eigenvalue weighted by atomic mass is 10.1. The van der Waals surface area contributed by atoms with Crippen LogP contribution in [0.15, 0.2) is 67.0 Å². The number of benzene rings is 2. The van der Waals surface area contributed by atoms with Gasteiger partial charge in [0.15, 0.2) is 5.78 Å². The van der Waals surface area contributed by atoms with E-state index in [0.29, 0.717) is 22.5 Å². The van der Waals surface area contributed by atoms with Gasteiger partial charge in [-0.15, -0.1) is 0 Å². The highest BCUT2D eigenvalue weighted by atomic mass is 16.5. The van der Waals surface area contributed by atoms with Crippen LogP contribution in [0.5, 0.6) is 5.75 Å². The Balaban J connectivity index is 1.66. The molecule has 0 atom stereocenters. The standard InChI is InChI=1S/C23H23N3O3/c1-15(2)29-22-10-8-20(9-11-22)26-23(28)18-12-21(14-24-13-18)25-19-6-4-17(5-7-19)16(3)27/h4-15,25H,1-3H3,(H,26,28). The predicted molar refractivity (Wildman–Crippen MR) is 114 cm³/mol. The van der Waals surface area contributed by atoms with Crippen molar-refractivity contribution in [2.24, 2.45) is 0 Å². The number of ether oxygens (including phenoxy) is 1. The molecule has 3 aromatic rings. The summed E-state index contributed by atoms with van der Waals surface area (Å²) < 4.78 is 5.60. The number of ketones is 1. The van der Waals surface area contributed by atoms with E-state index in [-0.39, 0.29) is 17.8 Å². The number of carbonyl (C=O) groups is 2. The Morgan fingerprint density at radius 3 is 2.14 bits per heavy atom. The summed E-state index contributed by atoms with van der Waals surface area (Å²) in [7, 11) is 0. The number of aromatic nitrogens is 1. The molecular formula is C23H23N3O3. The molecule has 0 saturated heterocycles. The Morgan fingerprint density at radius 1 is 0.862 bits per heavy atom. The first-order valence-electron chi connectivity index (χ1n) is 9.32. The van der Waals surface area contributed by atoms with E-state index in [2.05, 4.69) is 15.6 Å². The first-order valence-corrected chi connectivity index (χ1v) is 9.32. The van der Waals surface area contributed by atoms with Gasteiger partial charge in [-0.3, -0.25) is 14.6 Å². The monoisotopic (exact) mass is 389 g/mol. The second-order valence-corrected chi connectivity index (χ2v) is 6.87. The zero-order valence-electron chi connectivity index (χ0n) is 16.6. The van der Waals surface area contributed by atoms with Crippen LogP contribution >= 0.6 is 0 Å². The van der Waals surface area contributed by atoms with Gasteiger partial charge in [0, 0.05) is 23.1 Å². The summed E-state index contributed by atoms with van der Waals surface area (Å²) in [5.41, 5.74) is 3.22. The quantitative estimate of drug-likeness (QED) is 0.552. The summed E-state index contributed by atoms with van der Waals surface area (Å²) in [5.74, 6) is 0.507. The first kappa shape index (κ1) is 20.1. The number of nitrogens with zero attached hydrogens (tertiary/aromatic N) is 1. The number of carbonyl (C=O) groups excluding carboxylic acids is 2. The molecule has 0 aliphatic heterocycles. The number of pyridine rings is 1. The highest BCUT2D eigenvalue weighted by Gasteiger charge is 2.09. The zero-order valence-corrected chi connectivity index (χ0v) is 16.6. The average Bonchev–Trinajstić information content (AvgIpc) is 2.70. The van der Waals surface area contributed by atoms with Crippen molar-refractivity contribution in [3.8, 4) is 5.75 Å². The number of hydrogen-bond donors (Lipinski definition) is 2. The second-order valence-electron chi connectivity index (χ2n) is 6.87. The number of rotatable bonds is 7. The number of hydrogen-bond acceptors (Lipinski definition) is 5. The molecule has 0 radical (unpaired) electrons. The Morgan fingerprint density at radius 2 is 1.52 bits per heavy atom. The van der Waals surface area contributed by atoms with Crippen molar-refractivity contribution < 1.29 is 14.3 Å². The van der Waals surface area contributed by atoms with E-state index >= 15 is 0 Å². The molecule has 0 aliphatic carbocycles. The Labute approximate surface area is 169 Å². The van der Waals surface area contributed by atoms with E-state index in [1.54, 1.807) is 36.5 Å². The Bertz CT molecular complexity index is 997. The lowest BCUT2D eigenvalue weighted by Gasteiger charge is -2.11. The minimum Gasteiger partial charge on any atom is -0.491 e. The molecule has 0 spiro atoms. The van der Waals surface area contributed by atoms with Crippen molar-refractivity contribution in [1.82, 2.24) is 4.98 Å². The lowest BCUT2D eigenvalue weighted by Crippen LogP contribution is -2.12. The van der Waals surface area contributed by atoms with Crippen LogP contribution in [0.1, 0.15) is 41.5 Å². The van der Waals surface area contributed by atoms with Gasteiger partial charge in [0.25, 0.3) is 5.91 Å². The maximum Gasteiger partial charge on any atom is 0.257 e. The fraction of sp³-hybridized carbons (Fsp3) is 0.174. The first-order chi connectivity index (χ1) is 13.9. The molecule has 0 bridgehead atoms. The van der Waals surface area contributed by atoms with Crippen LogP contribution in [0.4, 0.5) is 17.1 Å². The smallest absolute Gasteiger partial charge is 0.257 e. The SMILES string of the molecule is CC(=O)c1ccc(Nc2cncc(C(=O)Nc3ccc(OC(C)C)cc3)c2)cc1. The molecule has 0 aliphatic rings. The van der Waals surface area contributed by atoms with Gasteiger partial charge in [-0.05, 0) is 75.4 Å². The molecule has 2 aromatic carbocycles. The van der Waals surface area contributed by atoms with Crippen LogP contribution in [-0.4, -0.2) is 22.8 Å². The van der Waals surface area contributed by atoms with Crippen molar-refractivity contribution in [1.29, 1.82) is 0 Å². The van der Waals surface area contributed by atoms with Gasteiger partial charge in [0.2, 0.25) is 0 Å². The summed E-state index contributed by atoms with van der Waals surface area (Å²) in [6.45, 7) is 5.45. The van der Waals surface area contributed by atoms with E-state index in [9.17, 15) is 9.59 Å². The number of nitrogens with one attached hydrogen (secondary N) is 2. The number of Topliss-reactive ketones (excluding diaryl/α,β-unsaturated/α-hetero) is 1.